The van der Waals surface area contributed by atoms with E-state index in [0.717, 1.165) is 33.8 Å². The Labute approximate surface area is 201 Å². The Morgan fingerprint density at radius 2 is 1.88 bits per heavy atom. The number of nitrogens with two attached hydrogens (primary N) is 1. The molecule has 1 aliphatic heterocycles. The lowest BCUT2D eigenvalue weighted by Crippen LogP contribution is -2.43. The summed E-state index contributed by atoms with van der Waals surface area (Å²) in [6.07, 6.45) is 12.9. The first-order valence-corrected chi connectivity index (χ1v) is 12.9. The predicted octanol–water partition coefficient (Wildman–Crippen LogP) is 4.68. The molecule has 0 amide bonds. The summed E-state index contributed by atoms with van der Waals surface area (Å²) in [6.45, 7) is 4.98. The van der Waals surface area contributed by atoms with Crippen molar-refractivity contribution in [1.29, 1.82) is 0 Å². The van der Waals surface area contributed by atoms with Gasteiger partial charge in [-0.05, 0) is 68.8 Å². The second-order valence-electron chi connectivity index (χ2n) is 10.2. The predicted molar refractivity (Wildman–Crippen MR) is 134 cm³/mol. The number of nitrogens with zero attached hydrogens (tertiary/aromatic N) is 4. The maximum atomic E-state index is 6.36. The van der Waals surface area contributed by atoms with Crippen molar-refractivity contribution >= 4 is 16.9 Å². The van der Waals surface area contributed by atoms with Crippen LogP contribution in [0.4, 0.5) is 5.82 Å². The van der Waals surface area contributed by atoms with Gasteiger partial charge in [0.25, 0.3) is 0 Å². The number of benzene rings is 1. The van der Waals surface area contributed by atoms with Crippen molar-refractivity contribution in [2.24, 2.45) is 5.92 Å². The summed E-state index contributed by atoms with van der Waals surface area (Å²) in [5, 5.41) is 0.940. The number of rotatable bonds is 9. The maximum absolute atomic E-state index is 6.36. The van der Waals surface area contributed by atoms with E-state index in [2.05, 4.69) is 37.8 Å². The fourth-order valence-corrected chi connectivity index (χ4v) is 5.79. The molecule has 2 N–H and O–H groups in total. The van der Waals surface area contributed by atoms with Crippen LogP contribution in [0.2, 0.25) is 0 Å². The highest BCUT2D eigenvalue weighted by Crippen LogP contribution is 2.43. The van der Waals surface area contributed by atoms with Gasteiger partial charge in [0.05, 0.1) is 18.1 Å². The quantitative estimate of drug-likeness (QED) is 0.467. The summed E-state index contributed by atoms with van der Waals surface area (Å²) >= 11 is 0. The number of anilines is 1. The molecule has 3 aromatic rings. The van der Waals surface area contributed by atoms with Crippen molar-refractivity contribution in [3.63, 3.8) is 0 Å². The maximum Gasteiger partial charge on any atom is 0.146 e. The number of aromatic nitrogens is 3. The second-order valence-corrected chi connectivity index (χ2v) is 10.2. The molecule has 0 radical (unpaired) electrons. The van der Waals surface area contributed by atoms with E-state index in [9.17, 15) is 0 Å². The molecule has 34 heavy (non-hydrogen) atoms. The molecule has 3 aliphatic rings. The van der Waals surface area contributed by atoms with Crippen LogP contribution < -0.4 is 10.5 Å². The number of likely N-dealkylation sites (tertiary alicyclic amines) is 1. The van der Waals surface area contributed by atoms with E-state index >= 15 is 0 Å². The minimum Gasteiger partial charge on any atom is -0.491 e. The van der Waals surface area contributed by atoms with Crippen molar-refractivity contribution in [1.82, 2.24) is 19.4 Å². The Morgan fingerprint density at radius 1 is 1.03 bits per heavy atom. The summed E-state index contributed by atoms with van der Waals surface area (Å²) in [4.78, 5) is 11.5. The van der Waals surface area contributed by atoms with Crippen molar-refractivity contribution in [2.45, 2.75) is 57.1 Å². The van der Waals surface area contributed by atoms with E-state index in [0.29, 0.717) is 31.2 Å². The fourth-order valence-electron chi connectivity index (χ4n) is 5.79. The van der Waals surface area contributed by atoms with E-state index in [4.69, 9.17) is 15.2 Å². The van der Waals surface area contributed by atoms with Gasteiger partial charge in [-0.2, -0.15) is 0 Å². The van der Waals surface area contributed by atoms with Crippen LogP contribution >= 0.6 is 0 Å². The van der Waals surface area contributed by atoms with E-state index in [1.165, 1.54) is 64.6 Å². The first-order valence-electron chi connectivity index (χ1n) is 12.9. The fraction of sp³-hybridized carbons (Fsp3) is 0.556. The van der Waals surface area contributed by atoms with Gasteiger partial charge < -0.3 is 24.7 Å². The molecule has 6 rings (SSSR count). The first kappa shape index (κ1) is 21.9. The Morgan fingerprint density at radius 3 is 2.68 bits per heavy atom. The van der Waals surface area contributed by atoms with Gasteiger partial charge in [0.2, 0.25) is 0 Å². The normalized spacial score (nSPS) is 23.2. The Kier molecular flexibility index (Phi) is 6.14. The third-order valence-corrected chi connectivity index (χ3v) is 7.86. The van der Waals surface area contributed by atoms with Crippen LogP contribution in [0.5, 0.6) is 5.75 Å². The van der Waals surface area contributed by atoms with E-state index in [1.807, 2.05) is 12.1 Å². The number of fused-ring (bicyclic) bond motifs is 1. The van der Waals surface area contributed by atoms with Crippen LogP contribution in [0.15, 0.2) is 36.8 Å². The molecular formula is C27H35N5O2. The SMILES string of the molecule is Nc1ncnc2c1c(-c1cccc(OCCOC3CCCC3)c1)cn2C1CC(CN2CCC2)C1. The molecule has 7 heteroatoms. The monoisotopic (exact) mass is 461 g/mol. The zero-order chi connectivity index (χ0) is 22.9. The van der Waals surface area contributed by atoms with Crippen LogP contribution in [0.1, 0.15) is 51.0 Å². The second kappa shape index (κ2) is 9.55. The van der Waals surface area contributed by atoms with Crippen LogP contribution in [0.25, 0.3) is 22.2 Å². The molecule has 3 fully saturated rings. The molecule has 2 aromatic heterocycles. The zero-order valence-corrected chi connectivity index (χ0v) is 19.9. The van der Waals surface area contributed by atoms with Crippen molar-refractivity contribution < 1.29 is 9.47 Å². The minimum absolute atomic E-state index is 0.418. The number of hydrogen-bond donors (Lipinski definition) is 1. The lowest BCUT2D eigenvalue weighted by Gasteiger charge is -2.42. The van der Waals surface area contributed by atoms with Gasteiger partial charge in [-0.1, -0.05) is 25.0 Å². The lowest BCUT2D eigenvalue weighted by atomic mass is 9.79. The molecule has 0 spiro atoms. The van der Waals surface area contributed by atoms with Crippen LogP contribution in [0, 0.1) is 5.92 Å². The van der Waals surface area contributed by atoms with Crippen molar-refractivity contribution in [3.05, 3.63) is 36.8 Å². The van der Waals surface area contributed by atoms with Gasteiger partial charge in [-0.25, -0.2) is 9.97 Å². The molecule has 3 heterocycles. The molecule has 1 saturated heterocycles. The summed E-state index contributed by atoms with van der Waals surface area (Å²) in [7, 11) is 0. The van der Waals surface area contributed by atoms with Crippen LogP contribution in [-0.4, -0.2) is 58.4 Å². The van der Waals surface area contributed by atoms with Gasteiger partial charge in [-0.3, -0.25) is 0 Å². The molecule has 2 aliphatic carbocycles. The summed E-state index contributed by atoms with van der Waals surface area (Å²) < 4.78 is 14.3. The zero-order valence-electron chi connectivity index (χ0n) is 19.9. The molecule has 180 valence electrons. The minimum atomic E-state index is 0.418. The van der Waals surface area contributed by atoms with Crippen molar-refractivity contribution in [3.8, 4) is 16.9 Å². The highest BCUT2D eigenvalue weighted by Gasteiger charge is 2.34. The number of hydrogen-bond acceptors (Lipinski definition) is 6. The average molecular weight is 462 g/mol. The molecule has 7 nitrogen and oxygen atoms in total. The molecule has 0 bridgehead atoms. The molecule has 0 unspecified atom stereocenters. The topological polar surface area (TPSA) is 78.4 Å². The van der Waals surface area contributed by atoms with E-state index in [1.54, 1.807) is 6.33 Å². The van der Waals surface area contributed by atoms with E-state index < -0.39 is 0 Å². The Balaban J connectivity index is 1.18. The number of nitrogen functional groups attached to an aromatic ring is 1. The Hall–Kier alpha value is -2.64. The van der Waals surface area contributed by atoms with E-state index in [-0.39, 0.29) is 0 Å². The summed E-state index contributed by atoms with van der Waals surface area (Å²) in [5.74, 6) is 2.17. The van der Waals surface area contributed by atoms with Gasteiger partial charge in [0, 0.05) is 24.3 Å². The smallest absolute Gasteiger partial charge is 0.146 e. The van der Waals surface area contributed by atoms with Crippen LogP contribution in [0.3, 0.4) is 0 Å². The van der Waals surface area contributed by atoms with Crippen molar-refractivity contribution in [2.75, 3.05) is 38.6 Å². The van der Waals surface area contributed by atoms with Gasteiger partial charge >= 0.3 is 0 Å². The molecular weight excluding hydrogens is 426 g/mol. The lowest BCUT2D eigenvalue weighted by molar-refractivity contribution is 0.0382. The number of ether oxygens (including phenoxy) is 2. The largest absolute Gasteiger partial charge is 0.491 e. The average Bonchev–Trinajstić information content (AvgIpc) is 3.44. The van der Waals surface area contributed by atoms with Gasteiger partial charge in [0.1, 0.15) is 30.1 Å². The van der Waals surface area contributed by atoms with Gasteiger partial charge in [-0.15, -0.1) is 0 Å². The summed E-state index contributed by atoms with van der Waals surface area (Å²) in [5.41, 5.74) is 9.45. The highest BCUT2D eigenvalue weighted by atomic mass is 16.5. The molecule has 0 atom stereocenters. The third-order valence-electron chi connectivity index (χ3n) is 7.86. The Bertz CT molecular complexity index is 1130. The van der Waals surface area contributed by atoms with Crippen LogP contribution in [-0.2, 0) is 4.74 Å². The summed E-state index contributed by atoms with van der Waals surface area (Å²) in [6, 6.07) is 8.72. The molecule has 2 saturated carbocycles. The standard InChI is InChI=1S/C27H35N5O2/c28-26-25-24(20-5-3-8-23(15-20)34-12-11-33-22-6-1-2-7-22)17-32(27(25)30-18-29-26)21-13-19(14-21)16-31-9-4-10-31/h3,5,8,15,17-19,21-22H,1-2,4,6-7,9-14,16H2,(H2,28,29,30). The molecule has 1 aromatic carbocycles. The highest BCUT2D eigenvalue weighted by molar-refractivity contribution is 6.00. The van der Waals surface area contributed by atoms with Gasteiger partial charge in [0.15, 0.2) is 0 Å². The third kappa shape index (κ3) is 4.39. The first-order chi connectivity index (χ1) is 16.7.